The third kappa shape index (κ3) is 2.42. The van der Waals surface area contributed by atoms with E-state index in [4.69, 9.17) is 4.74 Å². The monoisotopic (exact) mass is 303 g/mol. The van der Waals surface area contributed by atoms with Crippen LogP contribution >= 0.6 is 0 Å². The van der Waals surface area contributed by atoms with Crippen molar-refractivity contribution < 1.29 is 9.53 Å². The van der Waals surface area contributed by atoms with Crippen LogP contribution in [0.15, 0.2) is 55.1 Å². The van der Waals surface area contributed by atoms with Gasteiger partial charge in [0, 0.05) is 18.0 Å². The number of anilines is 1. The third-order valence-electron chi connectivity index (χ3n) is 3.72. The molecular formula is C18H13N3O2. The van der Waals surface area contributed by atoms with Crippen molar-refractivity contribution in [3.63, 3.8) is 0 Å². The van der Waals surface area contributed by atoms with Crippen LogP contribution in [0.4, 0.5) is 5.69 Å². The molecule has 1 aliphatic rings. The number of carbonyl (C=O) groups excluding carboxylic acids is 1. The Morgan fingerprint density at radius 2 is 1.74 bits per heavy atom. The zero-order chi connectivity index (χ0) is 15.8. The molecule has 1 aromatic heterocycles. The number of ether oxygens (including phenoxy) is 1. The first-order valence-corrected chi connectivity index (χ1v) is 7.20. The lowest BCUT2D eigenvalue weighted by atomic mass is 10.0. The predicted octanol–water partition coefficient (Wildman–Crippen LogP) is 3.81. The molecule has 0 bridgehead atoms. The molecule has 2 aromatic carbocycles. The van der Waals surface area contributed by atoms with E-state index in [0.29, 0.717) is 22.7 Å². The zero-order valence-electron chi connectivity index (χ0n) is 12.4. The van der Waals surface area contributed by atoms with Crippen molar-refractivity contribution in [1.29, 1.82) is 0 Å². The molecule has 0 fully saturated rings. The number of nitrogens with zero attached hydrogens (tertiary/aromatic N) is 2. The lowest BCUT2D eigenvalue weighted by molar-refractivity contribution is 0.102. The van der Waals surface area contributed by atoms with Gasteiger partial charge in [0.15, 0.2) is 5.75 Å². The van der Waals surface area contributed by atoms with E-state index in [0.717, 1.165) is 16.7 Å². The Morgan fingerprint density at radius 3 is 2.57 bits per heavy atom. The van der Waals surface area contributed by atoms with Crippen LogP contribution in [0.2, 0.25) is 0 Å². The minimum atomic E-state index is -0.192. The fraction of sp³-hybridized carbons (Fsp3) is 0.0556. The van der Waals surface area contributed by atoms with Gasteiger partial charge in [0.25, 0.3) is 5.91 Å². The first kappa shape index (κ1) is 13.5. The molecule has 0 spiro atoms. The lowest BCUT2D eigenvalue weighted by Gasteiger charge is -2.09. The summed E-state index contributed by atoms with van der Waals surface area (Å²) < 4.78 is 5.90. The fourth-order valence-corrected chi connectivity index (χ4v) is 2.56. The van der Waals surface area contributed by atoms with E-state index in [1.165, 1.54) is 6.33 Å². The highest BCUT2D eigenvalue weighted by atomic mass is 16.5. The minimum Gasteiger partial charge on any atom is -0.454 e. The molecule has 0 radical (unpaired) electrons. The van der Waals surface area contributed by atoms with Crippen molar-refractivity contribution in [2.24, 2.45) is 0 Å². The number of carbonyl (C=O) groups is 1. The van der Waals surface area contributed by atoms with Gasteiger partial charge in [-0.15, -0.1) is 0 Å². The second-order valence-corrected chi connectivity index (χ2v) is 5.39. The number of fused-ring (bicyclic) bond motifs is 2. The van der Waals surface area contributed by atoms with Gasteiger partial charge in [0.1, 0.15) is 12.1 Å². The highest BCUT2D eigenvalue weighted by Crippen LogP contribution is 2.37. The van der Waals surface area contributed by atoms with Crippen LogP contribution < -0.4 is 10.1 Å². The largest absolute Gasteiger partial charge is 0.454 e. The normalized spacial score (nSPS) is 12.5. The first-order chi connectivity index (χ1) is 11.2. The smallest absolute Gasteiger partial charge is 0.259 e. The Balaban J connectivity index is 1.80. The highest BCUT2D eigenvalue weighted by Gasteiger charge is 2.21. The molecule has 0 atom stereocenters. The number of aryl methyl sites for hydroxylation is 1. The number of benzene rings is 2. The maximum Gasteiger partial charge on any atom is 0.259 e. The van der Waals surface area contributed by atoms with E-state index in [1.807, 2.05) is 31.2 Å². The van der Waals surface area contributed by atoms with Crippen LogP contribution in [0.25, 0.3) is 11.1 Å². The summed E-state index contributed by atoms with van der Waals surface area (Å²) in [6, 6.07) is 11.2. The van der Waals surface area contributed by atoms with Gasteiger partial charge in [-0.1, -0.05) is 12.1 Å². The molecule has 0 saturated heterocycles. The molecule has 0 unspecified atom stereocenters. The average molecular weight is 303 g/mol. The summed E-state index contributed by atoms with van der Waals surface area (Å²) in [5.74, 6) is 0.979. The van der Waals surface area contributed by atoms with Crippen molar-refractivity contribution in [1.82, 2.24) is 9.97 Å². The second kappa shape index (κ2) is 5.21. The van der Waals surface area contributed by atoms with E-state index < -0.39 is 0 Å². The highest BCUT2D eigenvalue weighted by molar-refractivity contribution is 6.08. The van der Waals surface area contributed by atoms with Gasteiger partial charge in [-0.25, -0.2) is 9.97 Å². The Kier molecular flexibility index (Phi) is 3.05. The van der Waals surface area contributed by atoms with Crippen LogP contribution in [-0.4, -0.2) is 15.9 Å². The van der Waals surface area contributed by atoms with Gasteiger partial charge in [-0.05, 0) is 42.3 Å². The maximum absolute atomic E-state index is 12.5. The Labute approximate surface area is 133 Å². The van der Waals surface area contributed by atoms with Crippen molar-refractivity contribution in [2.75, 3.05) is 5.32 Å². The molecule has 1 aliphatic heterocycles. The molecule has 5 heteroatoms. The van der Waals surface area contributed by atoms with Crippen molar-refractivity contribution in [3.05, 3.63) is 66.2 Å². The van der Waals surface area contributed by atoms with Crippen molar-refractivity contribution in [3.8, 4) is 22.6 Å². The molecule has 112 valence electrons. The van der Waals surface area contributed by atoms with E-state index in [2.05, 4.69) is 15.3 Å². The van der Waals surface area contributed by atoms with E-state index in [-0.39, 0.29) is 5.91 Å². The Morgan fingerprint density at radius 1 is 0.957 bits per heavy atom. The average Bonchev–Trinajstić information content (AvgIpc) is 2.71. The third-order valence-corrected chi connectivity index (χ3v) is 3.72. The molecule has 1 N–H and O–H groups in total. The zero-order valence-corrected chi connectivity index (χ0v) is 12.4. The second-order valence-electron chi connectivity index (χ2n) is 5.39. The maximum atomic E-state index is 12.5. The SMILES string of the molecule is Cc1ccc2c(c1)NC(=O)c1cc(-c3cncnc3)ccc1O2. The van der Waals surface area contributed by atoms with Crippen LogP contribution in [0, 0.1) is 6.92 Å². The van der Waals surface area contributed by atoms with Crippen LogP contribution in [0.1, 0.15) is 15.9 Å². The van der Waals surface area contributed by atoms with Crippen molar-refractivity contribution >= 4 is 11.6 Å². The van der Waals surface area contributed by atoms with Crippen molar-refractivity contribution in [2.45, 2.75) is 6.92 Å². The summed E-state index contributed by atoms with van der Waals surface area (Å²) in [6.07, 6.45) is 4.90. The fourth-order valence-electron chi connectivity index (χ4n) is 2.56. The topological polar surface area (TPSA) is 64.1 Å². The molecule has 1 amide bonds. The number of nitrogens with one attached hydrogen (secondary N) is 1. The summed E-state index contributed by atoms with van der Waals surface area (Å²) in [6.45, 7) is 1.97. The number of aromatic nitrogens is 2. The Bertz CT molecular complexity index is 907. The quantitative estimate of drug-likeness (QED) is 0.742. The molecule has 0 aliphatic carbocycles. The molecule has 5 nitrogen and oxygen atoms in total. The predicted molar refractivity (Wildman–Crippen MR) is 86.7 cm³/mol. The van der Waals surface area contributed by atoms with E-state index >= 15 is 0 Å². The minimum absolute atomic E-state index is 0.192. The van der Waals surface area contributed by atoms with Gasteiger partial charge in [0.2, 0.25) is 0 Å². The molecule has 0 saturated carbocycles. The standard InChI is InChI=1S/C18H13N3O2/c1-11-2-4-17-15(6-11)21-18(22)14-7-12(3-5-16(14)23-17)13-8-19-10-20-9-13/h2-10H,1H3,(H,21,22). The molecular weight excluding hydrogens is 290 g/mol. The number of hydrogen-bond acceptors (Lipinski definition) is 4. The van der Waals surface area contributed by atoms with Crippen LogP contribution in [0.3, 0.4) is 0 Å². The van der Waals surface area contributed by atoms with Gasteiger partial charge in [-0.3, -0.25) is 4.79 Å². The molecule has 23 heavy (non-hydrogen) atoms. The van der Waals surface area contributed by atoms with Crippen LogP contribution in [0.5, 0.6) is 11.5 Å². The molecule has 2 heterocycles. The van der Waals surface area contributed by atoms with Gasteiger partial charge < -0.3 is 10.1 Å². The number of rotatable bonds is 1. The first-order valence-electron chi connectivity index (χ1n) is 7.20. The molecule has 3 aromatic rings. The van der Waals surface area contributed by atoms with Gasteiger partial charge in [0.05, 0.1) is 11.3 Å². The summed E-state index contributed by atoms with van der Waals surface area (Å²) in [7, 11) is 0. The van der Waals surface area contributed by atoms with Crippen LogP contribution in [-0.2, 0) is 0 Å². The van der Waals surface area contributed by atoms with Gasteiger partial charge >= 0.3 is 0 Å². The lowest BCUT2D eigenvalue weighted by Crippen LogP contribution is -2.10. The summed E-state index contributed by atoms with van der Waals surface area (Å²) >= 11 is 0. The summed E-state index contributed by atoms with van der Waals surface area (Å²) in [5.41, 5.74) is 3.93. The van der Waals surface area contributed by atoms with Gasteiger partial charge in [-0.2, -0.15) is 0 Å². The van der Waals surface area contributed by atoms with E-state index in [9.17, 15) is 4.79 Å². The summed E-state index contributed by atoms with van der Waals surface area (Å²) in [4.78, 5) is 20.6. The van der Waals surface area contributed by atoms with E-state index in [1.54, 1.807) is 24.5 Å². The summed E-state index contributed by atoms with van der Waals surface area (Å²) in [5, 5.41) is 2.90. The Hall–Kier alpha value is -3.21. The number of hydrogen-bond donors (Lipinski definition) is 1. The number of amides is 1. The molecule has 4 rings (SSSR count).